The zero-order chi connectivity index (χ0) is 9.80. The Hall–Kier alpha value is -0.680. The van der Waals surface area contributed by atoms with Gasteiger partial charge in [0.15, 0.2) is 0 Å². The third-order valence-corrected chi connectivity index (χ3v) is 3.25. The van der Waals surface area contributed by atoms with Gasteiger partial charge in [0.25, 0.3) is 0 Å². The van der Waals surface area contributed by atoms with Crippen LogP contribution in [0.4, 0.5) is 5.13 Å². The van der Waals surface area contributed by atoms with Crippen LogP contribution in [0, 0.1) is 6.92 Å². The second-order valence-electron chi connectivity index (χ2n) is 3.63. The zero-order valence-corrected chi connectivity index (χ0v) is 9.23. The lowest BCUT2D eigenvalue weighted by molar-refractivity contribution is 0.574. The Morgan fingerprint density at radius 3 is 3.14 bits per heavy atom. The van der Waals surface area contributed by atoms with E-state index in [4.69, 9.17) is 0 Å². The molecule has 0 saturated carbocycles. The van der Waals surface area contributed by atoms with Crippen LogP contribution in [0.15, 0.2) is 0 Å². The molecule has 78 valence electrons. The Bertz CT molecular complexity index is 280. The van der Waals surface area contributed by atoms with Gasteiger partial charge in [-0.05, 0) is 32.7 Å². The average molecular weight is 212 g/mol. The van der Waals surface area contributed by atoms with Crippen LogP contribution in [0.1, 0.15) is 24.3 Å². The molecule has 0 bridgehead atoms. The van der Waals surface area contributed by atoms with Crippen molar-refractivity contribution >= 4 is 16.5 Å². The van der Waals surface area contributed by atoms with Crippen LogP contribution in [0.3, 0.4) is 0 Å². The van der Waals surface area contributed by atoms with E-state index in [1.807, 2.05) is 6.92 Å². The lowest BCUT2D eigenvalue weighted by atomic mass is 10.2. The minimum Gasteiger partial charge on any atom is -0.360 e. The van der Waals surface area contributed by atoms with Gasteiger partial charge in [-0.15, -0.1) is 10.2 Å². The first-order valence-electron chi connectivity index (χ1n) is 5.12. The minimum atomic E-state index is 0.705. The molecule has 1 atom stereocenters. The molecule has 0 unspecified atom stereocenters. The summed E-state index contributed by atoms with van der Waals surface area (Å²) in [6, 6.07) is 0.705. The summed E-state index contributed by atoms with van der Waals surface area (Å²) in [5.74, 6) is 0. The quantitative estimate of drug-likeness (QED) is 0.792. The summed E-state index contributed by atoms with van der Waals surface area (Å²) in [4.78, 5) is 0. The van der Waals surface area contributed by atoms with E-state index in [0.29, 0.717) is 6.04 Å². The molecule has 1 aliphatic rings. The maximum atomic E-state index is 4.02. The highest BCUT2D eigenvalue weighted by atomic mass is 32.1. The summed E-state index contributed by atoms with van der Waals surface area (Å²) in [6.45, 7) is 4.15. The molecule has 14 heavy (non-hydrogen) atoms. The lowest BCUT2D eigenvalue weighted by Crippen LogP contribution is -2.24. The molecule has 2 heterocycles. The Labute approximate surface area is 88.1 Å². The molecular formula is C9H16N4S. The van der Waals surface area contributed by atoms with Crippen molar-refractivity contribution in [1.29, 1.82) is 0 Å². The molecule has 1 saturated heterocycles. The predicted octanol–water partition coefficient (Wildman–Crippen LogP) is 1.40. The second kappa shape index (κ2) is 4.70. The van der Waals surface area contributed by atoms with E-state index in [-0.39, 0.29) is 0 Å². The van der Waals surface area contributed by atoms with E-state index in [0.717, 1.165) is 16.7 Å². The van der Waals surface area contributed by atoms with Crippen molar-refractivity contribution < 1.29 is 0 Å². The molecule has 0 radical (unpaired) electrons. The van der Waals surface area contributed by atoms with Crippen molar-refractivity contribution in [2.75, 3.05) is 18.4 Å². The number of rotatable bonds is 4. The van der Waals surface area contributed by atoms with Gasteiger partial charge in [-0.1, -0.05) is 11.3 Å². The highest BCUT2D eigenvalue weighted by Gasteiger charge is 2.13. The Balaban J connectivity index is 1.67. The van der Waals surface area contributed by atoms with Crippen molar-refractivity contribution in [3.8, 4) is 0 Å². The average Bonchev–Trinajstić information content (AvgIpc) is 2.77. The molecule has 0 spiro atoms. The van der Waals surface area contributed by atoms with Gasteiger partial charge in [-0.2, -0.15) is 0 Å². The third kappa shape index (κ3) is 2.65. The van der Waals surface area contributed by atoms with E-state index < -0.39 is 0 Å². The van der Waals surface area contributed by atoms with E-state index in [9.17, 15) is 0 Å². The van der Waals surface area contributed by atoms with Gasteiger partial charge in [-0.3, -0.25) is 0 Å². The second-order valence-corrected chi connectivity index (χ2v) is 4.82. The summed E-state index contributed by atoms with van der Waals surface area (Å²) in [5, 5.41) is 16.7. The standard InChI is InChI=1S/C9H16N4S/c1-7-12-13-9(14-7)11-6-4-8-3-2-5-10-8/h8,10H,2-6H2,1H3,(H,11,13)/t8-/m0/s1. The summed E-state index contributed by atoms with van der Waals surface area (Å²) in [6.07, 6.45) is 3.82. The molecule has 2 rings (SSSR count). The summed E-state index contributed by atoms with van der Waals surface area (Å²) in [5.41, 5.74) is 0. The number of anilines is 1. The molecule has 0 aromatic carbocycles. The fourth-order valence-electron chi connectivity index (χ4n) is 1.72. The first-order valence-corrected chi connectivity index (χ1v) is 5.93. The Morgan fingerprint density at radius 2 is 2.50 bits per heavy atom. The molecule has 1 fully saturated rings. The Kier molecular flexibility index (Phi) is 3.31. The van der Waals surface area contributed by atoms with Gasteiger partial charge in [0.05, 0.1) is 0 Å². The monoisotopic (exact) mass is 212 g/mol. The zero-order valence-electron chi connectivity index (χ0n) is 8.42. The maximum absolute atomic E-state index is 4.02. The van der Waals surface area contributed by atoms with Gasteiger partial charge >= 0.3 is 0 Å². The van der Waals surface area contributed by atoms with Gasteiger partial charge < -0.3 is 10.6 Å². The number of nitrogens with zero attached hydrogens (tertiary/aromatic N) is 2. The van der Waals surface area contributed by atoms with E-state index >= 15 is 0 Å². The summed E-state index contributed by atoms with van der Waals surface area (Å²) < 4.78 is 0. The molecule has 5 heteroatoms. The van der Waals surface area contributed by atoms with E-state index in [2.05, 4.69) is 20.8 Å². The number of aromatic nitrogens is 2. The molecule has 0 aliphatic carbocycles. The molecule has 1 aromatic heterocycles. The van der Waals surface area contributed by atoms with Crippen LogP contribution in [-0.4, -0.2) is 29.3 Å². The number of aryl methyl sites for hydroxylation is 1. The van der Waals surface area contributed by atoms with E-state index in [1.165, 1.54) is 25.8 Å². The fraction of sp³-hybridized carbons (Fsp3) is 0.778. The van der Waals surface area contributed by atoms with Crippen LogP contribution in [0.2, 0.25) is 0 Å². The van der Waals surface area contributed by atoms with Gasteiger partial charge in [-0.25, -0.2) is 0 Å². The highest BCUT2D eigenvalue weighted by molar-refractivity contribution is 7.15. The van der Waals surface area contributed by atoms with E-state index in [1.54, 1.807) is 11.3 Å². The summed E-state index contributed by atoms with van der Waals surface area (Å²) >= 11 is 1.62. The van der Waals surface area contributed by atoms with Crippen molar-refractivity contribution in [2.45, 2.75) is 32.2 Å². The molecule has 0 amide bonds. The topological polar surface area (TPSA) is 49.8 Å². The van der Waals surface area contributed by atoms with Gasteiger partial charge in [0.2, 0.25) is 5.13 Å². The van der Waals surface area contributed by atoms with Crippen molar-refractivity contribution in [1.82, 2.24) is 15.5 Å². The van der Waals surface area contributed by atoms with Crippen molar-refractivity contribution in [3.63, 3.8) is 0 Å². The van der Waals surface area contributed by atoms with Crippen LogP contribution < -0.4 is 10.6 Å². The maximum Gasteiger partial charge on any atom is 0.205 e. The SMILES string of the molecule is Cc1nnc(NCC[C@@H]2CCCN2)s1. The Morgan fingerprint density at radius 1 is 1.57 bits per heavy atom. The fourth-order valence-corrected chi connectivity index (χ4v) is 2.34. The number of hydrogen-bond donors (Lipinski definition) is 2. The van der Waals surface area contributed by atoms with Crippen LogP contribution >= 0.6 is 11.3 Å². The van der Waals surface area contributed by atoms with Crippen molar-refractivity contribution in [2.24, 2.45) is 0 Å². The van der Waals surface area contributed by atoms with Crippen LogP contribution in [0.5, 0.6) is 0 Å². The molecular weight excluding hydrogens is 196 g/mol. The minimum absolute atomic E-state index is 0.705. The van der Waals surface area contributed by atoms with Crippen LogP contribution in [0.25, 0.3) is 0 Å². The third-order valence-electron chi connectivity index (χ3n) is 2.46. The lowest BCUT2D eigenvalue weighted by Gasteiger charge is -2.09. The molecule has 1 aliphatic heterocycles. The largest absolute Gasteiger partial charge is 0.360 e. The molecule has 4 nitrogen and oxygen atoms in total. The number of hydrogen-bond acceptors (Lipinski definition) is 5. The highest BCUT2D eigenvalue weighted by Crippen LogP contribution is 2.14. The smallest absolute Gasteiger partial charge is 0.205 e. The van der Waals surface area contributed by atoms with Crippen molar-refractivity contribution in [3.05, 3.63) is 5.01 Å². The summed E-state index contributed by atoms with van der Waals surface area (Å²) in [7, 11) is 0. The van der Waals surface area contributed by atoms with Gasteiger partial charge in [0, 0.05) is 12.6 Å². The normalized spacial score (nSPS) is 21.4. The molecule has 2 N–H and O–H groups in total. The number of nitrogens with one attached hydrogen (secondary N) is 2. The van der Waals surface area contributed by atoms with Gasteiger partial charge in [0.1, 0.15) is 5.01 Å². The van der Waals surface area contributed by atoms with Crippen LogP contribution in [-0.2, 0) is 0 Å². The molecule has 1 aromatic rings. The first kappa shape index (κ1) is 9.86. The first-order chi connectivity index (χ1) is 6.84. The predicted molar refractivity (Wildman–Crippen MR) is 58.8 cm³/mol.